The van der Waals surface area contributed by atoms with Crippen LogP contribution in [0.1, 0.15) is 28.8 Å². The lowest BCUT2D eigenvalue weighted by Gasteiger charge is -2.46. The number of benzene rings is 4. The lowest BCUT2D eigenvalue weighted by Crippen LogP contribution is -2.56. The summed E-state index contributed by atoms with van der Waals surface area (Å²) in [4.78, 5) is 12.8. The number of hydrogen-bond acceptors (Lipinski definition) is 6. The van der Waals surface area contributed by atoms with E-state index in [0.29, 0.717) is 17.0 Å². The Hall–Kier alpha value is -3.68. The number of Topliss-reactive ketones (excluding diaryl/α,β-unsaturated/α-hetero) is 1. The van der Waals surface area contributed by atoms with Gasteiger partial charge in [-0.05, 0) is 60.1 Å². The second-order valence-corrected chi connectivity index (χ2v) is 11.0. The first-order chi connectivity index (χ1) is 18.1. The highest BCUT2D eigenvalue weighted by Crippen LogP contribution is 2.50. The molecule has 6 rings (SSSR count). The van der Waals surface area contributed by atoms with Crippen molar-refractivity contribution in [3.8, 4) is 0 Å². The summed E-state index contributed by atoms with van der Waals surface area (Å²) in [6.45, 7) is 0. The summed E-state index contributed by atoms with van der Waals surface area (Å²) >= 11 is 5.01. The van der Waals surface area contributed by atoms with Gasteiger partial charge < -0.3 is 0 Å². The van der Waals surface area contributed by atoms with Crippen LogP contribution in [0, 0.1) is 0 Å². The molecule has 5 nitrogen and oxygen atoms in total. The van der Waals surface area contributed by atoms with E-state index < -0.39 is 4.99 Å². The highest BCUT2D eigenvalue weighted by molar-refractivity contribution is 9.10. The van der Waals surface area contributed by atoms with Crippen molar-refractivity contribution < 1.29 is 4.79 Å². The Labute approximate surface area is 228 Å². The Morgan fingerprint density at radius 3 is 1.86 bits per heavy atom. The number of para-hydroxylation sites is 2. The minimum absolute atomic E-state index is 0.0842. The van der Waals surface area contributed by atoms with Gasteiger partial charge in [0.05, 0.1) is 17.1 Å². The van der Waals surface area contributed by atoms with E-state index >= 15 is 0 Å². The molecule has 0 saturated heterocycles. The number of hydrazone groups is 2. The molecule has 0 saturated carbocycles. The quantitative estimate of drug-likeness (QED) is 0.234. The molecular formula is C30H23BrN4OS. The van der Waals surface area contributed by atoms with Crippen molar-refractivity contribution in [3.63, 3.8) is 0 Å². The third kappa shape index (κ3) is 4.49. The maximum atomic E-state index is 13.6. The van der Waals surface area contributed by atoms with E-state index in [9.17, 15) is 4.79 Å². The lowest BCUT2D eigenvalue weighted by molar-refractivity contribution is 0.106. The van der Waals surface area contributed by atoms with Crippen LogP contribution in [-0.2, 0) is 0 Å². The summed E-state index contributed by atoms with van der Waals surface area (Å²) in [5, 5.41) is 14.6. The van der Waals surface area contributed by atoms with Crippen LogP contribution >= 0.6 is 27.7 Å². The first-order valence-corrected chi connectivity index (χ1v) is 13.7. The third-order valence-electron chi connectivity index (χ3n) is 6.43. The average Bonchev–Trinajstić information content (AvgIpc) is 3.34. The number of carbonyl (C=O) groups is 1. The van der Waals surface area contributed by atoms with Crippen LogP contribution in [0.25, 0.3) is 0 Å². The molecule has 2 aliphatic rings. The van der Waals surface area contributed by atoms with Gasteiger partial charge in [0.1, 0.15) is 0 Å². The Bertz CT molecular complexity index is 1480. The fourth-order valence-corrected chi connectivity index (χ4v) is 6.20. The van der Waals surface area contributed by atoms with Gasteiger partial charge in [0.2, 0.25) is 10.8 Å². The van der Waals surface area contributed by atoms with Gasteiger partial charge in [-0.15, -0.1) is 0 Å². The third-order valence-corrected chi connectivity index (χ3v) is 8.30. The average molecular weight is 568 g/mol. The number of ketones is 1. The molecular weight excluding hydrogens is 544 g/mol. The van der Waals surface area contributed by atoms with E-state index in [1.807, 2.05) is 101 Å². The zero-order chi connectivity index (χ0) is 25.2. The summed E-state index contributed by atoms with van der Waals surface area (Å²) in [7, 11) is 0. The Balaban J connectivity index is 1.49. The molecule has 0 aromatic heterocycles. The fraction of sp³-hybridized carbons (Fsp3) is 0.100. The van der Waals surface area contributed by atoms with E-state index in [-0.39, 0.29) is 5.78 Å². The maximum absolute atomic E-state index is 13.6. The summed E-state index contributed by atoms with van der Waals surface area (Å²) < 4.78 is 1.03. The molecule has 2 aliphatic heterocycles. The van der Waals surface area contributed by atoms with Crippen LogP contribution in [-0.4, -0.2) is 21.5 Å². The van der Waals surface area contributed by atoms with Gasteiger partial charge in [0.15, 0.2) is 5.04 Å². The molecule has 7 heteroatoms. The predicted molar refractivity (Wildman–Crippen MR) is 156 cm³/mol. The van der Waals surface area contributed by atoms with Gasteiger partial charge in [-0.25, -0.2) is 10.0 Å². The minimum atomic E-state index is -0.735. The molecule has 0 N–H and O–H groups in total. The van der Waals surface area contributed by atoms with Gasteiger partial charge in [-0.3, -0.25) is 4.79 Å². The molecule has 0 radical (unpaired) electrons. The van der Waals surface area contributed by atoms with E-state index in [1.165, 1.54) is 11.8 Å². The maximum Gasteiger partial charge on any atom is 0.219 e. The topological polar surface area (TPSA) is 48.3 Å². The Kier molecular flexibility index (Phi) is 6.40. The van der Waals surface area contributed by atoms with Crippen molar-refractivity contribution in [2.45, 2.75) is 17.8 Å². The minimum Gasteiger partial charge on any atom is -0.286 e. The van der Waals surface area contributed by atoms with Crippen LogP contribution in [0.5, 0.6) is 0 Å². The van der Waals surface area contributed by atoms with Gasteiger partial charge in [0.25, 0.3) is 0 Å². The molecule has 0 unspecified atom stereocenters. The molecule has 1 spiro atoms. The van der Waals surface area contributed by atoms with Gasteiger partial charge in [0, 0.05) is 16.5 Å². The van der Waals surface area contributed by atoms with Crippen LogP contribution in [0.15, 0.2) is 130 Å². The highest BCUT2D eigenvalue weighted by Gasteiger charge is 2.53. The zero-order valence-corrected chi connectivity index (χ0v) is 22.3. The van der Waals surface area contributed by atoms with Crippen LogP contribution < -0.4 is 10.0 Å². The van der Waals surface area contributed by atoms with E-state index in [4.69, 9.17) is 10.2 Å². The van der Waals surface area contributed by atoms with E-state index in [2.05, 4.69) is 40.2 Å². The van der Waals surface area contributed by atoms with E-state index in [0.717, 1.165) is 33.5 Å². The smallest absolute Gasteiger partial charge is 0.219 e. The molecule has 0 bridgehead atoms. The van der Waals surface area contributed by atoms with Crippen molar-refractivity contribution in [2.24, 2.45) is 10.2 Å². The largest absolute Gasteiger partial charge is 0.286 e. The number of nitrogens with zero attached hydrogens (tertiary/aromatic N) is 4. The fourth-order valence-electron chi connectivity index (χ4n) is 4.62. The molecule has 0 amide bonds. The number of halogens is 1. The monoisotopic (exact) mass is 566 g/mol. The van der Waals surface area contributed by atoms with Crippen LogP contribution in [0.4, 0.5) is 11.4 Å². The second-order valence-electron chi connectivity index (χ2n) is 8.79. The lowest BCUT2D eigenvalue weighted by atomic mass is 10.0. The molecule has 2 heterocycles. The first kappa shape index (κ1) is 23.7. The highest BCUT2D eigenvalue weighted by atomic mass is 79.9. The van der Waals surface area contributed by atoms with Crippen molar-refractivity contribution >= 4 is 55.6 Å². The summed E-state index contributed by atoms with van der Waals surface area (Å²) in [6, 6.07) is 37.7. The number of hydrogen-bond donors (Lipinski definition) is 0. The predicted octanol–water partition coefficient (Wildman–Crippen LogP) is 7.56. The standard InChI is InChI=1S/C30H23BrN4OS/c31-24-18-16-22(17-19-24)27-20-21-30(34(32-27)25-12-6-2-7-13-25)35(26-14-8-3-9-15-26)33-29(37-30)28(36)23-10-4-1-5-11-23/h1-19H,20-21H2/t30-/m0/s1. The summed E-state index contributed by atoms with van der Waals surface area (Å²) in [6.07, 6.45) is 1.45. The number of carbonyl (C=O) groups excluding carboxylic acids is 1. The zero-order valence-electron chi connectivity index (χ0n) is 19.9. The van der Waals surface area contributed by atoms with Crippen molar-refractivity contribution in [1.82, 2.24) is 0 Å². The van der Waals surface area contributed by atoms with Gasteiger partial charge >= 0.3 is 0 Å². The molecule has 37 heavy (non-hydrogen) atoms. The molecule has 4 aromatic carbocycles. The van der Waals surface area contributed by atoms with E-state index in [1.54, 1.807) is 0 Å². The molecule has 0 aliphatic carbocycles. The van der Waals surface area contributed by atoms with Crippen LogP contribution in [0.2, 0.25) is 0 Å². The second kappa shape index (κ2) is 10.00. The van der Waals surface area contributed by atoms with Crippen molar-refractivity contribution in [2.75, 3.05) is 10.0 Å². The molecule has 1 atom stereocenters. The first-order valence-electron chi connectivity index (χ1n) is 12.1. The molecule has 0 fully saturated rings. The number of rotatable bonds is 5. The summed E-state index contributed by atoms with van der Waals surface area (Å²) in [5.74, 6) is -0.0842. The van der Waals surface area contributed by atoms with Crippen molar-refractivity contribution in [1.29, 1.82) is 0 Å². The number of thioether (sulfide) groups is 1. The normalized spacial score (nSPS) is 19.1. The van der Waals surface area contributed by atoms with Crippen molar-refractivity contribution in [3.05, 3.63) is 131 Å². The van der Waals surface area contributed by atoms with Crippen LogP contribution in [0.3, 0.4) is 0 Å². The molecule has 182 valence electrons. The SMILES string of the molecule is O=C(C1=NN(c2ccccc2)[C@@]2(CCC(c3ccc(Br)cc3)=NN2c2ccccc2)S1)c1ccccc1. The van der Waals surface area contributed by atoms with Gasteiger partial charge in [-0.1, -0.05) is 94.8 Å². The van der Waals surface area contributed by atoms with Gasteiger partial charge in [-0.2, -0.15) is 10.2 Å². The Morgan fingerprint density at radius 1 is 0.730 bits per heavy atom. The number of anilines is 2. The summed E-state index contributed by atoms with van der Waals surface area (Å²) in [5.41, 5.74) is 4.55. The Morgan fingerprint density at radius 2 is 1.27 bits per heavy atom. The molecule has 4 aromatic rings.